The van der Waals surface area contributed by atoms with Crippen molar-refractivity contribution >= 4 is 19.3 Å². The van der Waals surface area contributed by atoms with Gasteiger partial charge in [-0.1, -0.05) is 0 Å². The van der Waals surface area contributed by atoms with E-state index in [-0.39, 0.29) is 6.15 Å². The van der Waals surface area contributed by atoms with Crippen LogP contribution in [0.3, 0.4) is 0 Å². The lowest BCUT2D eigenvalue weighted by Crippen LogP contribution is -2.27. The van der Waals surface area contributed by atoms with E-state index in [2.05, 4.69) is 4.65 Å². The van der Waals surface area contributed by atoms with Crippen molar-refractivity contribution in [1.82, 2.24) is 6.15 Å². The molecule has 0 heterocycles. The highest BCUT2D eigenvalue weighted by Crippen LogP contribution is 1.77. The van der Waals surface area contributed by atoms with Crippen LogP contribution in [0.5, 0.6) is 0 Å². The van der Waals surface area contributed by atoms with Gasteiger partial charge in [-0.05, 0) is 0 Å². The summed E-state index contributed by atoms with van der Waals surface area (Å²) < 4.78 is 3.38. The van der Waals surface area contributed by atoms with E-state index in [0.29, 0.717) is 0 Å². The molecule has 58 valence electrons. The number of carbonyl (C=O) groups is 2. The van der Waals surface area contributed by atoms with E-state index in [1.54, 1.807) is 0 Å². The van der Waals surface area contributed by atoms with Crippen LogP contribution >= 0.6 is 0 Å². The van der Waals surface area contributed by atoms with Gasteiger partial charge >= 0.3 is 19.3 Å². The summed E-state index contributed by atoms with van der Waals surface area (Å²) in [5.74, 6) is -3.58. The molecule has 0 aromatic carbocycles. The van der Waals surface area contributed by atoms with Crippen molar-refractivity contribution in [1.29, 1.82) is 0 Å². The van der Waals surface area contributed by atoms with E-state index in [4.69, 9.17) is 15.2 Å². The number of hydrogen-bond acceptors (Lipinski definition) is 6. The second-order valence-corrected chi connectivity index (χ2v) is 1.04. The fourth-order valence-corrected chi connectivity index (χ4v) is 0.146. The molecule has 6 N–H and O–H groups in total. The summed E-state index contributed by atoms with van der Waals surface area (Å²) in [7, 11) is -2.37. The van der Waals surface area contributed by atoms with Crippen molar-refractivity contribution in [3.63, 3.8) is 0 Å². The minimum atomic E-state index is -2.37. The summed E-state index contributed by atoms with van der Waals surface area (Å²) in [6, 6.07) is 0. The molecule has 0 saturated heterocycles. The first-order valence-electron chi connectivity index (χ1n) is 1.84. The molecular weight excluding hydrogens is 145 g/mol. The fraction of sp³-hybridized carbons (Fsp3) is 0. The zero-order chi connectivity index (χ0) is 7.44. The van der Waals surface area contributed by atoms with Gasteiger partial charge in [-0.2, -0.15) is 0 Å². The highest BCUT2D eigenvalue weighted by atomic mass is 16.7. The van der Waals surface area contributed by atoms with Gasteiger partial charge in [0.1, 0.15) is 0 Å². The third-order valence-corrected chi connectivity index (χ3v) is 0.387. The number of carboxylic acids is 1. The lowest BCUT2D eigenvalue weighted by Gasteiger charge is -1.95. The molecule has 0 amide bonds. The number of aliphatic carboxylic acids is 1. The van der Waals surface area contributed by atoms with Crippen LogP contribution in [0, 0.1) is 0 Å². The Labute approximate surface area is 56.0 Å². The second-order valence-electron chi connectivity index (χ2n) is 1.04. The Balaban J connectivity index is 0. The molecule has 0 spiro atoms. The summed E-state index contributed by atoms with van der Waals surface area (Å²) in [6.07, 6.45) is 0. The Morgan fingerprint density at radius 2 is 1.70 bits per heavy atom. The molecule has 0 radical (unpaired) electrons. The molecule has 0 aliphatic carbocycles. The molecule has 0 rings (SSSR count). The van der Waals surface area contributed by atoms with E-state index in [0.717, 1.165) is 0 Å². The Bertz CT molecular complexity index is 134. The second kappa shape index (κ2) is 4.73. The normalized spacial score (nSPS) is 7.40. The number of carboxylic acid groups (broad SMARTS) is 1. The van der Waals surface area contributed by atoms with Gasteiger partial charge in [0.05, 0.1) is 0 Å². The minimum Gasteiger partial charge on any atom is -0.476 e. The van der Waals surface area contributed by atoms with Crippen molar-refractivity contribution in [2.45, 2.75) is 0 Å². The highest BCUT2D eigenvalue weighted by molar-refractivity contribution is 6.42. The van der Waals surface area contributed by atoms with Gasteiger partial charge in [0.25, 0.3) is 0 Å². The Hall–Kier alpha value is -1.12. The predicted octanol–water partition coefficient (Wildman–Crippen LogP) is -2.25. The van der Waals surface area contributed by atoms with Crippen LogP contribution in [-0.2, 0) is 14.2 Å². The summed E-state index contributed by atoms with van der Waals surface area (Å²) >= 11 is 0. The van der Waals surface area contributed by atoms with Crippen LogP contribution in [0.15, 0.2) is 0 Å². The standard InChI is InChI=1S/C2H3BO6.H3N/c4-1(5)2(6)9-3(7)8;/h7-8H,(H,4,5);1H3. The molecule has 0 unspecified atom stereocenters. The van der Waals surface area contributed by atoms with Gasteiger partial charge in [0.2, 0.25) is 0 Å². The topological polar surface area (TPSA) is 139 Å². The SMILES string of the molecule is N.O=C(O)C(=O)OB(O)O. The van der Waals surface area contributed by atoms with E-state index in [9.17, 15) is 9.59 Å². The van der Waals surface area contributed by atoms with E-state index < -0.39 is 19.3 Å². The van der Waals surface area contributed by atoms with Gasteiger partial charge in [-0.3, -0.25) is 0 Å². The molecule has 10 heavy (non-hydrogen) atoms. The van der Waals surface area contributed by atoms with Crippen LogP contribution in [0.4, 0.5) is 0 Å². The molecule has 0 aliphatic heterocycles. The van der Waals surface area contributed by atoms with Crippen molar-refractivity contribution in [3.05, 3.63) is 0 Å². The van der Waals surface area contributed by atoms with Crippen LogP contribution in [0.1, 0.15) is 0 Å². The van der Waals surface area contributed by atoms with Crippen molar-refractivity contribution in [2.24, 2.45) is 0 Å². The highest BCUT2D eigenvalue weighted by Gasteiger charge is 2.21. The first-order valence-corrected chi connectivity index (χ1v) is 1.84. The molecule has 0 saturated carbocycles. The van der Waals surface area contributed by atoms with E-state index in [1.807, 2.05) is 0 Å². The largest absolute Gasteiger partial charge is 0.709 e. The molecule has 0 aromatic heterocycles. The van der Waals surface area contributed by atoms with Crippen LogP contribution in [0.25, 0.3) is 0 Å². The molecule has 0 aromatic rings. The lowest BCUT2D eigenvalue weighted by atomic mass is 10.3. The van der Waals surface area contributed by atoms with Gasteiger partial charge in [-0.15, -0.1) is 0 Å². The van der Waals surface area contributed by atoms with Gasteiger partial charge in [0, 0.05) is 0 Å². The minimum absolute atomic E-state index is 0. The third-order valence-electron chi connectivity index (χ3n) is 0.387. The monoisotopic (exact) mass is 151 g/mol. The van der Waals surface area contributed by atoms with Crippen LogP contribution in [0.2, 0.25) is 0 Å². The van der Waals surface area contributed by atoms with Crippen LogP contribution < -0.4 is 6.15 Å². The zero-order valence-corrected chi connectivity index (χ0v) is 4.85. The maximum atomic E-state index is 9.81. The fourth-order valence-electron chi connectivity index (χ4n) is 0.146. The molecule has 7 nitrogen and oxygen atoms in total. The lowest BCUT2D eigenvalue weighted by molar-refractivity contribution is -0.159. The van der Waals surface area contributed by atoms with Gasteiger partial charge in [0.15, 0.2) is 0 Å². The van der Waals surface area contributed by atoms with Crippen molar-refractivity contribution in [2.75, 3.05) is 0 Å². The summed E-state index contributed by atoms with van der Waals surface area (Å²) in [5.41, 5.74) is 0. The molecule has 8 heteroatoms. The zero-order valence-electron chi connectivity index (χ0n) is 4.85. The Morgan fingerprint density at radius 3 is 1.80 bits per heavy atom. The number of carbonyl (C=O) groups excluding carboxylic acids is 1. The van der Waals surface area contributed by atoms with E-state index >= 15 is 0 Å². The first-order chi connectivity index (χ1) is 4.04. The van der Waals surface area contributed by atoms with Crippen LogP contribution in [-0.4, -0.2) is 34.4 Å². The quantitative estimate of drug-likeness (QED) is 0.245. The van der Waals surface area contributed by atoms with Gasteiger partial charge < -0.3 is 26.0 Å². The molecule has 0 fully saturated rings. The molecule has 0 bridgehead atoms. The summed E-state index contributed by atoms with van der Waals surface area (Å²) in [5, 5.41) is 23.4. The summed E-state index contributed by atoms with van der Waals surface area (Å²) in [6.45, 7) is 0. The molecular formula is C2H6BNO6. The van der Waals surface area contributed by atoms with Gasteiger partial charge in [-0.25, -0.2) is 9.59 Å². The molecule has 0 atom stereocenters. The maximum absolute atomic E-state index is 9.81. The maximum Gasteiger partial charge on any atom is 0.709 e. The van der Waals surface area contributed by atoms with Crippen molar-refractivity contribution in [3.8, 4) is 0 Å². The third kappa shape index (κ3) is 5.03. The Morgan fingerprint density at radius 1 is 1.30 bits per heavy atom. The van der Waals surface area contributed by atoms with Crippen molar-refractivity contribution < 1.29 is 29.4 Å². The first kappa shape index (κ1) is 11.7. The number of hydrogen-bond donors (Lipinski definition) is 4. The average Bonchev–Trinajstić information content (AvgIpc) is 1.63. The summed E-state index contributed by atoms with van der Waals surface area (Å²) in [4.78, 5) is 19.3. The average molecular weight is 151 g/mol. The Kier molecular flexibility index (Phi) is 5.52. The predicted molar refractivity (Wildman–Crippen MR) is 28.9 cm³/mol. The molecule has 0 aliphatic rings. The smallest absolute Gasteiger partial charge is 0.476 e. The van der Waals surface area contributed by atoms with E-state index in [1.165, 1.54) is 0 Å². The number of rotatable bonds is 1.